The number of halogens is 1. The van der Waals surface area contributed by atoms with Crippen LogP contribution in [-0.4, -0.2) is 14.8 Å². The van der Waals surface area contributed by atoms with Crippen molar-refractivity contribution in [1.29, 1.82) is 0 Å². The molecular weight excluding hydrogens is 241 g/mol. The number of aromatic nitrogens is 3. The SMILES string of the molecule is CCCC(C)(Cn1cncn1)c1ccc(F)cc1C. The summed E-state index contributed by atoms with van der Waals surface area (Å²) in [7, 11) is 0. The van der Waals surface area contributed by atoms with E-state index in [1.165, 1.54) is 11.6 Å². The van der Waals surface area contributed by atoms with E-state index in [9.17, 15) is 4.39 Å². The van der Waals surface area contributed by atoms with Gasteiger partial charge in [0, 0.05) is 5.41 Å². The summed E-state index contributed by atoms with van der Waals surface area (Å²) in [6.07, 6.45) is 5.37. The lowest BCUT2D eigenvalue weighted by molar-refractivity contribution is 0.345. The second kappa shape index (κ2) is 5.51. The Morgan fingerprint density at radius 1 is 1.37 bits per heavy atom. The fraction of sp³-hybridized carbons (Fsp3) is 0.467. The lowest BCUT2D eigenvalue weighted by atomic mass is 9.76. The minimum absolute atomic E-state index is 0.0553. The van der Waals surface area contributed by atoms with Crippen LogP contribution in [0, 0.1) is 12.7 Å². The molecule has 0 fully saturated rings. The molecule has 0 bridgehead atoms. The molecule has 0 aliphatic carbocycles. The van der Waals surface area contributed by atoms with Crippen LogP contribution in [0.3, 0.4) is 0 Å². The third-order valence-corrected chi connectivity index (χ3v) is 3.62. The highest BCUT2D eigenvalue weighted by atomic mass is 19.1. The van der Waals surface area contributed by atoms with E-state index in [2.05, 4.69) is 23.9 Å². The second-order valence-corrected chi connectivity index (χ2v) is 5.36. The Hall–Kier alpha value is -1.71. The van der Waals surface area contributed by atoms with Crippen molar-refractivity contribution in [2.24, 2.45) is 0 Å². The summed E-state index contributed by atoms with van der Waals surface area (Å²) in [5.41, 5.74) is 2.13. The van der Waals surface area contributed by atoms with Gasteiger partial charge in [-0.15, -0.1) is 0 Å². The van der Waals surface area contributed by atoms with Gasteiger partial charge in [0.1, 0.15) is 18.5 Å². The second-order valence-electron chi connectivity index (χ2n) is 5.36. The van der Waals surface area contributed by atoms with E-state index in [1.54, 1.807) is 18.7 Å². The van der Waals surface area contributed by atoms with E-state index in [4.69, 9.17) is 0 Å². The number of nitrogens with zero attached hydrogens (tertiary/aromatic N) is 3. The minimum Gasteiger partial charge on any atom is -0.252 e. The molecule has 0 saturated heterocycles. The van der Waals surface area contributed by atoms with Gasteiger partial charge in [-0.05, 0) is 36.6 Å². The fourth-order valence-electron chi connectivity index (χ4n) is 2.83. The molecule has 1 atom stereocenters. The molecule has 3 nitrogen and oxygen atoms in total. The molecule has 0 spiro atoms. The standard InChI is InChI=1S/C15H20FN3/c1-4-7-15(3,9-19-11-17-10-18-19)14-6-5-13(16)8-12(14)2/h5-6,8,10-11H,4,7,9H2,1-3H3. The average molecular weight is 261 g/mol. The van der Waals surface area contributed by atoms with Crippen molar-refractivity contribution in [3.63, 3.8) is 0 Å². The predicted molar refractivity (Wildman–Crippen MR) is 73.4 cm³/mol. The van der Waals surface area contributed by atoms with Gasteiger partial charge in [-0.25, -0.2) is 9.37 Å². The van der Waals surface area contributed by atoms with Crippen LogP contribution in [-0.2, 0) is 12.0 Å². The first-order chi connectivity index (χ1) is 9.05. The van der Waals surface area contributed by atoms with Crippen LogP contribution < -0.4 is 0 Å². The molecule has 0 aliphatic rings. The normalized spacial score (nSPS) is 14.3. The van der Waals surface area contributed by atoms with Gasteiger partial charge in [0.05, 0.1) is 6.54 Å². The van der Waals surface area contributed by atoms with Gasteiger partial charge < -0.3 is 0 Å². The summed E-state index contributed by atoms with van der Waals surface area (Å²) in [4.78, 5) is 3.99. The van der Waals surface area contributed by atoms with Gasteiger partial charge in [-0.2, -0.15) is 5.10 Å². The molecule has 1 heterocycles. The number of benzene rings is 1. The molecule has 1 aromatic carbocycles. The van der Waals surface area contributed by atoms with Gasteiger partial charge in [-0.3, -0.25) is 4.68 Å². The maximum Gasteiger partial charge on any atom is 0.137 e. The van der Waals surface area contributed by atoms with Crippen molar-refractivity contribution < 1.29 is 4.39 Å². The first-order valence-electron chi connectivity index (χ1n) is 6.64. The third-order valence-electron chi connectivity index (χ3n) is 3.62. The van der Waals surface area contributed by atoms with Crippen molar-refractivity contribution >= 4 is 0 Å². The predicted octanol–water partition coefficient (Wildman–Crippen LogP) is 3.48. The largest absolute Gasteiger partial charge is 0.252 e. The van der Waals surface area contributed by atoms with E-state index < -0.39 is 0 Å². The molecule has 0 aliphatic heterocycles. The highest BCUT2D eigenvalue weighted by Gasteiger charge is 2.28. The zero-order valence-electron chi connectivity index (χ0n) is 11.7. The molecule has 2 rings (SSSR count). The molecule has 2 aromatic rings. The lowest BCUT2D eigenvalue weighted by Crippen LogP contribution is -2.29. The summed E-state index contributed by atoms with van der Waals surface area (Å²) in [5, 5.41) is 4.19. The van der Waals surface area contributed by atoms with Crippen molar-refractivity contribution in [3.8, 4) is 0 Å². The molecule has 0 saturated carbocycles. The zero-order chi connectivity index (χ0) is 13.9. The van der Waals surface area contributed by atoms with E-state index >= 15 is 0 Å². The average Bonchev–Trinajstić information content (AvgIpc) is 2.81. The summed E-state index contributed by atoms with van der Waals surface area (Å²) < 4.78 is 15.1. The van der Waals surface area contributed by atoms with Crippen LogP contribution in [0.25, 0.3) is 0 Å². The molecule has 1 aromatic heterocycles. The van der Waals surface area contributed by atoms with Crippen molar-refractivity contribution in [1.82, 2.24) is 14.8 Å². The lowest BCUT2D eigenvalue weighted by Gasteiger charge is -2.31. The van der Waals surface area contributed by atoms with Gasteiger partial charge in [0.25, 0.3) is 0 Å². The minimum atomic E-state index is -0.180. The topological polar surface area (TPSA) is 30.7 Å². The van der Waals surface area contributed by atoms with Gasteiger partial charge >= 0.3 is 0 Å². The van der Waals surface area contributed by atoms with E-state index in [1.807, 2.05) is 17.7 Å². The molecule has 4 heteroatoms. The Kier molecular flexibility index (Phi) is 3.98. The van der Waals surface area contributed by atoms with Crippen LogP contribution in [0.4, 0.5) is 4.39 Å². The first-order valence-corrected chi connectivity index (χ1v) is 6.64. The molecule has 1 unspecified atom stereocenters. The molecule has 0 radical (unpaired) electrons. The van der Waals surface area contributed by atoms with Crippen LogP contribution in [0.15, 0.2) is 30.9 Å². The van der Waals surface area contributed by atoms with E-state index in [0.29, 0.717) is 0 Å². The van der Waals surface area contributed by atoms with Crippen molar-refractivity contribution in [3.05, 3.63) is 47.8 Å². The number of hydrogen-bond acceptors (Lipinski definition) is 2. The van der Waals surface area contributed by atoms with E-state index in [-0.39, 0.29) is 11.2 Å². The summed E-state index contributed by atoms with van der Waals surface area (Å²) in [5.74, 6) is -0.180. The van der Waals surface area contributed by atoms with Crippen molar-refractivity contribution in [2.45, 2.75) is 45.6 Å². The van der Waals surface area contributed by atoms with E-state index in [0.717, 1.165) is 24.9 Å². The number of hydrogen-bond donors (Lipinski definition) is 0. The van der Waals surface area contributed by atoms with Gasteiger partial charge in [-0.1, -0.05) is 26.3 Å². The zero-order valence-corrected chi connectivity index (χ0v) is 11.7. The third kappa shape index (κ3) is 3.00. The Balaban J connectivity index is 2.37. The molecule has 102 valence electrons. The quantitative estimate of drug-likeness (QED) is 0.825. The maximum absolute atomic E-state index is 13.3. The smallest absolute Gasteiger partial charge is 0.137 e. The number of aryl methyl sites for hydroxylation is 1. The Morgan fingerprint density at radius 3 is 2.74 bits per heavy atom. The molecule has 0 amide bonds. The fourth-order valence-corrected chi connectivity index (χ4v) is 2.83. The number of rotatable bonds is 5. The first kappa shape index (κ1) is 13.7. The molecule has 0 N–H and O–H groups in total. The highest BCUT2D eigenvalue weighted by molar-refractivity contribution is 5.33. The van der Waals surface area contributed by atoms with Gasteiger partial charge in [0.15, 0.2) is 0 Å². The highest BCUT2D eigenvalue weighted by Crippen LogP contribution is 2.33. The summed E-state index contributed by atoms with van der Waals surface area (Å²) in [6.45, 7) is 7.10. The Labute approximate surface area is 113 Å². The Bertz CT molecular complexity index is 536. The summed E-state index contributed by atoms with van der Waals surface area (Å²) >= 11 is 0. The van der Waals surface area contributed by atoms with Gasteiger partial charge in [0.2, 0.25) is 0 Å². The molecule has 19 heavy (non-hydrogen) atoms. The van der Waals surface area contributed by atoms with Crippen LogP contribution in [0.2, 0.25) is 0 Å². The van der Waals surface area contributed by atoms with Crippen LogP contribution in [0.1, 0.15) is 37.8 Å². The van der Waals surface area contributed by atoms with Crippen LogP contribution in [0.5, 0.6) is 0 Å². The van der Waals surface area contributed by atoms with Crippen LogP contribution >= 0.6 is 0 Å². The summed E-state index contributed by atoms with van der Waals surface area (Å²) in [6, 6.07) is 5.04. The molecular formula is C15H20FN3. The monoisotopic (exact) mass is 261 g/mol. The van der Waals surface area contributed by atoms with Crippen molar-refractivity contribution in [2.75, 3.05) is 0 Å². The Morgan fingerprint density at radius 2 is 2.16 bits per heavy atom. The maximum atomic E-state index is 13.3.